The molecule has 7 aromatic carbocycles. The Balaban J connectivity index is 1.34. The van der Waals surface area contributed by atoms with Crippen LogP contribution in [-0.4, -0.2) is 15.0 Å². The van der Waals surface area contributed by atoms with E-state index in [0.717, 1.165) is 61.1 Å². The summed E-state index contributed by atoms with van der Waals surface area (Å²) >= 11 is 0. The summed E-state index contributed by atoms with van der Waals surface area (Å²) in [5.74, 6) is 1.79. The van der Waals surface area contributed by atoms with Crippen LogP contribution in [0.3, 0.4) is 0 Å². The molecule has 0 unspecified atom stereocenters. The summed E-state index contributed by atoms with van der Waals surface area (Å²) in [6.45, 7) is 0. The number of aromatic nitrogens is 3. The van der Waals surface area contributed by atoms with Crippen LogP contribution in [0.1, 0.15) is 0 Å². The number of rotatable bonds is 6. The second-order valence-electron chi connectivity index (χ2n) is 11.7. The molecule has 0 saturated carbocycles. The van der Waals surface area contributed by atoms with Gasteiger partial charge >= 0.3 is 0 Å². The van der Waals surface area contributed by atoms with Crippen LogP contribution in [0.25, 0.3) is 66.9 Å². The fourth-order valence-corrected chi connectivity index (χ4v) is 6.40. The van der Waals surface area contributed by atoms with E-state index in [1.165, 1.54) is 5.39 Å². The zero-order valence-electron chi connectivity index (χ0n) is 25.9. The van der Waals surface area contributed by atoms with Crippen molar-refractivity contribution in [3.8, 4) is 34.2 Å². The van der Waals surface area contributed by atoms with E-state index in [-0.39, 0.29) is 0 Å². The normalized spacial score (nSPS) is 11.3. The quantitative estimate of drug-likeness (QED) is 0.186. The van der Waals surface area contributed by atoms with E-state index in [4.69, 9.17) is 19.4 Å². The first kappa shape index (κ1) is 27.7. The van der Waals surface area contributed by atoms with E-state index in [2.05, 4.69) is 95.9 Å². The Hall–Kier alpha value is -6.59. The van der Waals surface area contributed by atoms with Gasteiger partial charge in [0.25, 0.3) is 0 Å². The lowest BCUT2D eigenvalue weighted by molar-refractivity contribution is 0.669. The smallest absolute Gasteiger partial charge is 0.164 e. The number of nitrogens with zero attached hydrogens (tertiary/aromatic N) is 4. The summed E-state index contributed by atoms with van der Waals surface area (Å²) < 4.78 is 6.58. The zero-order valence-corrected chi connectivity index (χ0v) is 25.9. The Kier molecular flexibility index (Phi) is 6.72. The molecule has 0 bridgehead atoms. The molecule has 0 aliphatic carbocycles. The minimum atomic E-state index is 0.567. The molecule has 9 aromatic rings. The van der Waals surface area contributed by atoms with Crippen LogP contribution < -0.4 is 4.90 Å². The second-order valence-corrected chi connectivity index (χ2v) is 11.7. The molecule has 226 valence electrons. The fourth-order valence-electron chi connectivity index (χ4n) is 6.40. The lowest BCUT2D eigenvalue weighted by atomic mass is 10.0. The summed E-state index contributed by atoms with van der Waals surface area (Å²) in [6, 6.07) is 58.1. The van der Waals surface area contributed by atoms with Gasteiger partial charge in [0.05, 0.1) is 11.1 Å². The number of fused-ring (bicyclic) bond motifs is 4. The molecule has 0 aliphatic rings. The number of benzene rings is 7. The first-order valence-corrected chi connectivity index (χ1v) is 16.0. The number of para-hydroxylation sites is 2. The Labute approximate surface area is 277 Å². The topological polar surface area (TPSA) is 55.1 Å². The minimum Gasteiger partial charge on any atom is -0.456 e. The highest BCUT2D eigenvalue weighted by Crippen LogP contribution is 2.45. The molecule has 0 radical (unpaired) electrons. The van der Waals surface area contributed by atoms with Crippen molar-refractivity contribution >= 4 is 49.8 Å². The molecule has 0 spiro atoms. The molecule has 2 aromatic heterocycles. The Morgan fingerprint density at radius 2 is 0.958 bits per heavy atom. The van der Waals surface area contributed by atoms with Crippen molar-refractivity contribution < 1.29 is 4.42 Å². The second kappa shape index (κ2) is 11.6. The summed E-state index contributed by atoms with van der Waals surface area (Å²) in [5.41, 5.74) is 7.29. The van der Waals surface area contributed by atoms with E-state index in [0.29, 0.717) is 17.5 Å². The molecule has 0 N–H and O–H groups in total. The molecular formula is C43H28N4O. The molecule has 0 fully saturated rings. The van der Waals surface area contributed by atoms with Gasteiger partial charge in [-0.15, -0.1) is 0 Å². The molecule has 5 nitrogen and oxygen atoms in total. The maximum Gasteiger partial charge on any atom is 0.164 e. The SMILES string of the molecule is c1ccc(-c2nc(-c3ccccc3)nc(-c3cc(N(c4ccccc4)c4ccc5ccccc5c4)c4c(c3)oc3ccccc34)n2)cc1. The Morgan fingerprint density at radius 1 is 0.396 bits per heavy atom. The van der Waals surface area contributed by atoms with Crippen LogP contribution in [0.2, 0.25) is 0 Å². The highest BCUT2D eigenvalue weighted by Gasteiger charge is 2.23. The van der Waals surface area contributed by atoms with Gasteiger partial charge in [-0.2, -0.15) is 0 Å². The van der Waals surface area contributed by atoms with Crippen molar-refractivity contribution in [2.45, 2.75) is 0 Å². The third-order valence-electron chi connectivity index (χ3n) is 8.66. The standard InChI is InChI=1S/C43H28N4O/c1-4-15-30(16-5-1)41-44-42(31-17-6-2-7-18-31)46-43(45-41)33-27-37(40-36-22-12-13-23-38(36)48-39(40)28-33)47(34-20-8-3-9-21-34)35-25-24-29-14-10-11-19-32(29)26-35/h1-28H. The van der Waals surface area contributed by atoms with Crippen LogP contribution in [0.4, 0.5) is 17.1 Å². The summed E-state index contributed by atoms with van der Waals surface area (Å²) in [4.78, 5) is 17.4. The fraction of sp³-hybridized carbons (Fsp3) is 0. The van der Waals surface area contributed by atoms with E-state index in [1.807, 2.05) is 78.9 Å². The lowest BCUT2D eigenvalue weighted by Gasteiger charge is -2.27. The third kappa shape index (κ3) is 4.95. The van der Waals surface area contributed by atoms with Crippen LogP contribution in [0, 0.1) is 0 Å². The summed E-state index contributed by atoms with van der Waals surface area (Å²) in [7, 11) is 0. The third-order valence-corrected chi connectivity index (χ3v) is 8.66. The maximum absolute atomic E-state index is 6.58. The number of hydrogen-bond donors (Lipinski definition) is 0. The van der Waals surface area contributed by atoms with Gasteiger partial charge in [0.1, 0.15) is 11.2 Å². The van der Waals surface area contributed by atoms with E-state index >= 15 is 0 Å². The number of furan rings is 1. The maximum atomic E-state index is 6.58. The first-order valence-electron chi connectivity index (χ1n) is 16.0. The highest BCUT2D eigenvalue weighted by molar-refractivity contribution is 6.14. The van der Waals surface area contributed by atoms with E-state index < -0.39 is 0 Å². The minimum absolute atomic E-state index is 0.567. The summed E-state index contributed by atoms with van der Waals surface area (Å²) in [5, 5.41) is 4.42. The van der Waals surface area contributed by atoms with Crippen LogP contribution in [-0.2, 0) is 0 Å². The van der Waals surface area contributed by atoms with Gasteiger partial charge in [0.2, 0.25) is 0 Å². The van der Waals surface area contributed by atoms with E-state index in [9.17, 15) is 0 Å². The molecule has 0 amide bonds. The molecule has 2 heterocycles. The van der Waals surface area contributed by atoms with Crippen molar-refractivity contribution in [2.75, 3.05) is 4.90 Å². The molecule has 0 atom stereocenters. The van der Waals surface area contributed by atoms with Gasteiger partial charge in [-0.3, -0.25) is 0 Å². The summed E-state index contributed by atoms with van der Waals surface area (Å²) in [6.07, 6.45) is 0. The van der Waals surface area contributed by atoms with Crippen molar-refractivity contribution in [1.29, 1.82) is 0 Å². The molecule has 0 aliphatic heterocycles. The van der Waals surface area contributed by atoms with Gasteiger partial charge in [0.15, 0.2) is 17.5 Å². The molecular weight excluding hydrogens is 589 g/mol. The van der Waals surface area contributed by atoms with Gasteiger partial charge in [-0.25, -0.2) is 15.0 Å². The average Bonchev–Trinajstić information content (AvgIpc) is 3.55. The molecule has 5 heteroatoms. The van der Waals surface area contributed by atoms with Crippen LogP contribution in [0.15, 0.2) is 174 Å². The Bertz CT molecular complexity index is 2510. The van der Waals surface area contributed by atoms with Crippen molar-refractivity contribution in [3.05, 3.63) is 170 Å². The predicted molar refractivity (Wildman–Crippen MR) is 196 cm³/mol. The van der Waals surface area contributed by atoms with Crippen molar-refractivity contribution in [1.82, 2.24) is 15.0 Å². The van der Waals surface area contributed by atoms with Crippen LogP contribution in [0.5, 0.6) is 0 Å². The van der Waals surface area contributed by atoms with Gasteiger partial charge in [0, 0.05) is 33.5 Å². The monoisotopic (exact) mass is 616 g/mol. The first-order chi connectivity index (χ1) is 23.8. The number of hydrogen-bond acceptors (Lipinski definition) is 5. The highest BCUT2D eigenvalue weighted by atomic mass is 16.3. The van der Waals surface area contributed by atoms with Gasteiger partial charge in [-0.1, -0.05) is 127 Å². The van der Waals surface area contributed by atoms with Crippen molar-refractivity contribution in [2.24, 2.45) is 0 Å². The van der Waals surface area contributed by atoms with Crippen LogP contribution >= 0.6 is 0 Å². The van der Waals surface area contributed by atoms with Gasteiger partial charge in [-0.05, 0) is 53.2 Å². The predicted octanol–water partition coefficient (Wildman–Crippen LogP) is 11.4. The number of anilines is 3. The largest absolute Gasteiger partial charge is 0.456 e. The zero-order chi connectivity index (χ0) is 31.9. The molecule has 48 heavy (non-hydrogen) atoms. The van der Waals surface area contributed by atoms with Crippen molar-refractivity contribution in [3.63, 3.8) is 0 Å². The average molecular weight is 617 g/mol. The van der Waals surface area contributed by atoms with Gasteiger partial charge < -0.3 is 9.32 Å². The molecule has 0 saturated heterocycles. The Morgan fingerprint density at radius 3 is 1.65 bits per heavy atom. The molecule has 9 rings (SSSR count). The van der Waals surface area contributed by atoms with E-state index in [1.54, 1.807) is 0 Å². The lowest BCUT2D eigenvalue weighted by Crippen LogP contribution is -2.10.